The van der Waals surface area contributed by atoms with Gasteiger partial charge in [0.15, 0.2) is 0 Å². The van der Waals surface area contributed by atoms with E-state index in [1.807, 2.05) is 12.1 Å². The standard InChI is InChI=1S/C19H24N2O2S.ClH/c1-13-9-15(7-8-20-13)19(22)21-11-18-10-16(12-24-18)14-3-5-17(23-2)6-4-14;/h3-6,10,12-13,15,20H,7-9,11H2,1-2H3,(H,21,22);1H/t13-,15-;/m0./s1. The molecule has 1 saturated heterocycles. The van der Waals surface area contributed by atoms with Crippen LogP contribution in [0.4, 0.5) is 0 Å². The number of methoxy groups -OCH3 is 1. The van der Waals surface area contributed by atoms with Crippen LogP contribution in [0.3, 0.4) is 0 Å². The second-order valence-corrected chi connectivity index (χ2v) is 7.32. The summed E-state index contributed by atoms with van der Waals surface area (Å²) in [4.78, 5) is 13.5. The Morgan fingerprint density at radius 1 is 1.32 bits per heavy atom. The SMILES string of the molecule is COc1ccc(-c2csc(CNC(=O)[C@H]3CCN[C@@H](C)C3)c2)cc1.Cl. The number of nitrogens with one attached hydrogen (secondary N) is 2. The number of piperidine rings is 1. The molecule has 0 aliphatic carbocycles. The molecule has 0 unspecified atom stereocenters. The molecule has 1 aliphatic rings. The normalized spacial score (nSPS) is 19.8. The van der Waals surface area contributed by atoms with Crippen LogP contribution in [-0.2, 0) is 11.3 Å². The van der Waals surface area contributed by atoms with E-state index in [9.17, 15) is 4.79 Å². The minimum atomic E-state index is 0. The van der Waals surface area contributed by atoms with E-state index in [0.29, 0.717) is 12.6 Å². The second-order valence-electron chi connectivity index (χ2n) is 6.32. The highest BCUT2D eigenvalue weighted by molar-refractivity contribution is 7.10. The van der Waals surface area contributed by atoms with Gasteiger partial charge in [0.25, 0.3) is 0 Å². The fraction of sp³-hybridized carbons (Fsp3) is 0.421. The summed E-state index contributed by atoms with van der Waals surface area (Å²) in [6, 6.07) is 10.6. The Labute approximate surface area is 159 Å². The molecule has 1 fully saturated rings. The molecule has 25 heavy (non-hydrogen) atoms. The molecular formula is C19H25ClN2O2S. The minimum Gasteiger partial charge on any atom is -0.497 e. The van der Waals surface area contributed by atoms with E-state index < -0.39 is 0 Å². The van der Waals surface area contributed by atoms with Gasteiger partial charge in [-0.05, 0) is 61.0 Å². The minimum absolute atomic E-state index is 0. The van der Waals surface area contributed by atoms with E-state index in [0.717, 1.165) is 30.7 Å². The molecule has 0 spiro atoms. The van der Waals surface area contributed by atoms with Crippen molar-refractivity contribution in [3.8, 4) is 16.9 Å². The first kappa shape index (κ1) is 19.8. The molecule has 1 amide bonds. The first-order valence-electron chi connectivity index (χ1n) is 8.38. The molecule has 1 aliphatic heterocycles. The van der Waals surface area contributed by atoms with Crippen molar-refractivity contribution in [2.24, 2.45) is 5.92 Å². The number of rotatable bonds is 5. The van der Waals surface area contributed by atoms with Crippen LogP contribution in [0.15, 0.2) is 35.7 Å². The van der Waals surface area contributed by atoms with Gasteiger partial charge in [0, 0.05) is 16.8 Å². The average Bonchev–Trinajstić information content (AvgIpc) is 3.09. The van der Waals surface area contributed by atoms with Crippen molar-refractivity contribution in [3.63, 3.8) is 0 Å². The smallest absolute Gasteiger partial charge is 0.223 e. The average molecular weight is 381 g/mol. The number of hydrogen-bond donors (Lipinski definition) is 2. The van der Waals surface area contributed by atoms with Gasteiger partial charge in [-0.1, -0.05) is 12.1 Å². The van der Waals surface area contributed by atoms with Gasteiger partial charge in [0.2, 0.25) is 5.91 Å². The molecule has 6 heteroatoms. The number of carbonyl (C=O) groups excluding carboxylic acids is 1. The Bertz CT molecular complexity index is 687. The van der Waals surface area contributed by atoms with Crippen LogP contribution in [0.2, 0.25) is 0 Å². The summed E-state index contributed by atoms with van der Waals surface area (Å²) in [7, 11) is 1.67. The molecule has 0 radical (unpaired) electrons. The first-order chi connectivity index (χ1) is 11.7. The zero-order valence-corrected chi connectivity index (χ0v) is 16.2. The summed E-state index contributed by atoms with van der Waals surface area (Å²) in [6.45, 7) is 3.68. The van der Waals surface area contributed by atoms with E-state index in [1.54, 1.807) is 18.4 Å². The highest BCUT2D eigenvalue weighted by Crippen LogP contribution is 2.27. The molecule has 2 heterocycles. The lowest BCUT2D eigenvalue weighted by Gasteiger charge is -2.27. The van der Waals surface area contributed by atoms with Crippen LogP contribution in [-0.4, -0.2) is 25.6 Å². The van der Waals surface area contributed by atoms with Gasteiger partial charge < -0.3 is 15.4 Å². The zero-order valence-electron chi connectivity index (χ0n) is 14.6. The van der Waals surface area contributed by atoms with Gasteiger partial charge >= 0.3 is 0 Å². The molecule has 1 aromatic heterocycles. The maximum absolute atomic E-state index is 12.3. The predicted octanol–water partition coefficient (Wildman–Crippen LogP) is 3.85. The molecule has 0 saturated carbocycles. The van der Waals surface area contributed by atoms with E-state index in [4.69, 9.17) is 4.74 Å². The highest BCUT2D eigenvalue weighted by atomic mass is 35.5. The molecule has 4 nitrogen and oxygen atoms in total. The van der Waals surface area contributed by atoms with Gasteiger partial charge in [0.1, 0.15) is 5.75 Å². The largest absolute Gasteiger partial charge is 0.497 e. The van der Waals surface area contributed by atoms with E-state index in [-0.39, 0.29) is 24.2 Å². The summed E-state index contributed by atoms with van der Waals surface area (Å²) >= 11 is 1.69. The maximum Gasteiger partial charge on any atom is 0.223 e. The van der Waals surface area contributed by atoms with Crippen LogP contribution >= 0.6 is 23.7 Å². The fourth-order valence-electron chi connectivity index (χ4n) is 3.10. The number of halogens is 1. The first-order valence-corrected chi connectivity index (χ1v) is 9.26. The number of thiophene rings is 1. The number of amides is 1. The molecule has 0 bridgehead atoms. The third-order valence-corrected chi connectivity index (χ3v) is 5.45. The van der Waals surface area contributed by atoms with Crippen molar-refractivity contribution < 1.29 is 9.53 Å². The number of benzene rings is 1. The summed E-state index contributed by atoms with van der Waals surface area (Å²) in [5.41, 5.74) is 2.35. The number of ether oxygens (including phenoxy) is 1. The van der Waals surface area contributed by atoms with Crippen molar-refractivity contribution in [3.05, 3.63) is 40.6 Å². The molecule has 2 atom stereocenters. The van der Waals surface area contributed by atoms with Crippen LogP contribution in [0, 0.1) is 5.92 Å². The van der Waals surface area contributed by atoms with Crippen LogP contribution in [0.5, 0.6) is 5.75 Å². The van der Waals surface area contributed by atoms with Gasteiger partial charge in [-0.15, -0.1) is 23.7 Å². The van der Waals surface area contributed by atoms with Gasteiger partial charge in [-0.2, -0.15) is 0 Å². The number of carbonyl (C=O) groups is 1. The maximum atomic E-state index is 12.3. The Balaban J connectivity index is 0.00000225. The highest BCUT2D eigenvalue weighted by Gasteiger charge is 2.24. The molecule has 2 N–H and O–H groups in total. The summed E-state index contributed by atoms with van der Waals surface area (Å²) in [5, 5.41) is 8.61. The Hall–Kier alpha value is -1.56. The van der Waals surface area contributed by atoms with Crippen LogP contribution in [0.1, 0.15) is 24.6 Å². The Morgan fingerprint density at radius 3 is 2.76 bits per heavy atom. The van der Waals surface area contributed by atoms with Gasteiger partial charge in [-0.3, -0.25) is 4.79 Å². The lowest BCUT2D eigenvalue weighted by Crippen LogP contribution is -2.42. The summed E-state index contributed by atoms with van der Waals surface area (Å²) < 4.78 is 5.19. The molecular weight excluding hydrogens is 356 g/mol. The topological polar surface area (TPSA) is 50.4 Å². The lowest BCUT2D eigenvalue weighted by molar-refractivity contribution is -0.126. The zero-order chi connectivity index (χ0) is 16.9. The van der Waals surface area contributed by atoms with Crippen LogP contribution in [0.25, 0.3) is 11.1 Å². The van der Waals surface area contributed by atoms with E-state index in [2.05, 4.69) is 41.1 Å². The molecule has 2 aromatic rings. The van der Waals surface area contributed by atoms with Crippen molar-refractivity contribution in [1.29, 1.82) is 0 Å². The quantitative estimate of drug-likeness (QED) is 0.828. The second kappa shape index (κ2) is 9.22. The number of hydrogen-bond acceptors (Lipinski definition) is 4. The third-order valence-electron chi connectivity index (χ3n) is 4.51. The summed E-state index contributed by atoms with van der Waals surface area (Å²) in [6.07, 6.45) is 1.85. The van der Waals surface area contributed by atoms with E-state index >= 15 is 0 Å². The summed E-state index contributed by atoms with van der Waals surface area (Å²) in [5.74, 6) is 1.18. The Morgan fingerprint density at radius 2 is 2.08 bits per heavy atom. The van der Waals surface area contributed by atoms with Crippen molar-refractivity contribution in [2.75, 3.05) is 13.7 Å². The Kier molecular flexibility index (Phi) is 7.29. The van der Waals surface area contributed by atoms with E-state index in [1.165, 1.54) is 10.4 Å². The molecule has 1 aromatic carbocycles. The monoisotopic (exact) mass is 380 g/mol. The molecule has 3 rings (SSSR count). The van der Waals surface area contributed by atoms with Crippen molar-refractivity contribution >= 4 is 29.7 Å². The van der Waals surface area contributed by atoms with Gasteiger partial charge in [0.05, 0.1) is 13.7 Å². The molecule has 136 valence electrons. The lowest BCUT2D eigenvalue weighted by atomic mass is 9.92. The fourth-order valence-corrected chi connectivity index (χ4v) is 3.93. The van der Waals surface area contributed by atoms with Crippen LogP contribution < -0.4 is 15.4 Å². The van der Waals surface area contributed by atoms with Crippen molar-refractivity contribution in [2.45, 2.75) is 32.4 Å². The van der Waals surface area contributed by atoms with Gasteiger partial charge in [-0.25, -0.2) is 0 Å². The predicted molar refractivity (Wildman–Crippen MR) is 106 cm³/mol. The van der Waals surface area contributed by atoms with Crippen molar-refractivity contribution in [1.82, 2.24) is 10.6 Å². The third kappa shape index (κ3) is 5.21.